The summed E-state index contributed by atoms with van der Waals surface area (Å²) in [6, 6.07) is 6.34. The van der Waals surface area contributed by atoms with Gasteiger partial charge in [0.05, 0.1) is 11.7 Å². The number of hydrogen-bond acceptors (Lipinski definition) is 5. The molecule has 8 heteroatoms. The fourth-order valence-electron chi connectivity index (χ4n) is 4.89. The Kier molecular flexibility index (Phi) is 5.06. The highest BCUT2D eigenvalue weighted by atomic mass is 35.5. The maximum Gasteiger partial charge on any atom is 0.261 e. The van der Waals surface area contributed by atoms with Crippen molar-refractivity contribution in [1.29, 1.82) is 0 Å². The Labute approximate surface area is 186 Å². The fraction of sp³-hybridized carbons (Fsp3) is 0.478. The second-order valence-corrected chi connectivity index (χ2v) is 9.40. The number of nitrogens with one attached hydrogen (secondary N) is 1. The van der Waals surface area contributed by atoms with E-state index in [4.69, 9.17) is 21.3 Å². The Hall–Kier alpha value is -2.38. The maximum absolute atomic E-state index is 14.7. The summed E-state index contributed by atoms with van der Waals surface area (Å²) in [5, 5.41) is 3.50. The molecule has 0 bridgehead atoms. The van der Waals surface area contributed by atoms with E-state index in [9.17, 15) is 9.18 Å². The standard InChI is InChI=1S/C23H26ClFN4O2/c1-23(2)8-5-10-29(23)21-17-20(31-13-14-12-26-9-11-28(14)22(17)30)18(24)19(27-21)15-6-3-4-7-16(15)25/h3-4,6-7,14,26H,5,8-13H2,1-2H3/t14-/m1/s1. The van der Waals surface area contributed by atoms with E-state index in [0.717, 1.165) is 25.9 Å². The van der Waals surface area contributed by atoms with Gasteiger partial charge in [0, 0.05) is 37.3 Å². The van der Waals surface area contributed by atoms with E-state index in [2.05, 4.69) is 24.1 Å². The molecule has 3 aliphatic rings. The Morgan fingerprint density at radius 1 is 1.29 bits per heavy atom. The lowest BCUT2D eigenvalue weighted by Gasteiger charge is -2.36. The van der Waals surface area contributed by atoms with Crippen LogP contribution in [0.1, 0.15) is 37.0 Å². The van der Waals surface area contributed by atoms with Gasteiger partial charge < -0.3 is 19.9 Å². The molecule has 0 saturated carbocycles. The average Bonchev–Trinajstić information content (AvgIpc) is 3.03. The number of fused-ring (bicyclic) bond motifs is 2. The van der Waals surface area contributed by atoms with Gasteiger partial charge in [-0.1, -0.05) is 23.7 Å². The first-order valence-electron chi connectivity index (χ1n) is 10.8. The van der Waals surface area contributed by atoms with Crippen LogP contribution in [0.25, 0.3) is 11.3 Å². The van der Waals surface area contributed by atoms with Crippen molar-refractivity contribution in [2.24, 2.45) is 0 Å². The van der Waals surface area contributed by atoms with E-state index in [0.29, 0.717) is 48.1 Å². The molecule has 1 amide bonds. The number of amides is 1. The van der Waals surface area contributed by atoms with Crippen LogP contribution in [0.15, 0.2) is 24.3 Å². The number of rotatable bonds is 2. The molecule has 0 radical (unpaired) electrons. The second-order valence-electron chi connectivity index (χ2n) is 9.02. The van der Waals surface area contributed by atoms with Gasteiger partial charge in [-0.15, -0.1) is 0 Å². The third kappa shape index (κ3) is 3.34. The van der Waals surface area contributed by atoms with Gasteiger partial charge in [0.25, 0.3) is 5.91 Å². The van der Waals surface area contributed by atoms with E-state index < -0.39 is 5.82 Å². The zero-order valence-electron chi connectivity index (χ0n) is 17.8. The van der Waals surface area contributed by atoms with Crippen LogP contribution < -0.4 is 15.0 Å². The topological polar surface area (TPSA) is 57.7 Å². The molecule has 0 unspecified atom stereocenters. The predicted octanol–water partition coefficient (Wildman–Crippen LogP) is 3.73. The number of aromatic nitrogens is 1. The summed E-state index contributed by atoms with van der Waals surface area (Å²) in [7, 11) is 0. The van der Waals surface area contributed by atoms with Crippen molar-refractivity contribution < 1.29 is 13.9 Å². The summed E-state index contributed by atoms with van der Waals surface area (Å²) >= 11 is 6.76. The Morgan fingerprint density at radius 3 is 2.84 bits per heavy atom. The van der Waals surface area contributed by atoms with Gasteiger partial charge in [-0.25, -0.2) is 9.37 Å². The third-order valence-corrected chi connectivity index (χ3v) is 6.96. The van der Waals surface area contributed by atoms with Crippen molar-refractivity contribution in [2.45, 2.75) is 38.3 Å². The number of ether oxygens (including phenoxy) is 1. The summed E-state index contributed by atoms with van der Waals surface area (Å²) < 4.78 is 20.9. The van der Waals surface area contributed by atoms with Crippen LogP contribution in [0.3, 0.4) is 0 Å². The first-order chi connectivity index (χ1) is 14.9. The van der Waals surface area contributed by atoms with Crippen LogP contribution in [0.5, 0.6) is 5.75 Å². The molecule has 1 aromatic carbocycles. The van der Waals surface area contributed by atoms with E-state index in [1.54, 1.807) is 18.2 Å². The molecule has 5 rings (SSSR count). The third-order valence-electron chi connectivity index (χ3n) is 6.61. The molecule has 1 aromatic heterocycles. The number of halogens is 2. The van der Waals surface area contributed by atoms with Crippen LogP contribution in [-0.4, -0.2) is 60.2 Å². The van der Waals surface area contributed by atoms with Gasteiger partial charge in [0.2, 0.25) is 0 Å². The summed E-state index contributed by atoms with van der Waals surface area (Å²) in [6.45, 7) is 7.37. The largest absolute Gasteiger partial charge is 0.489 e. The van der Waals surface area contributed by atoms with Crippen LogP contribution in [-0.2, 0) is 0 Å². The molecule has 2 saturated heterocycles. The zero-order valence-corrected chi connectivity index (χ0v) is 18.5. The van der Waals surface area contributed by atoms with E-state index >= 15 is 0 Å². The first kappa shape index (κ1) is 20.5. The molecule has 6 nitrogen and oxygen atoms in total. The molecule has 4 heterocycles. The molecule has 2 aromatic rings. The minimum atomic E-state index is -0.412. The summed E-state index contributed by atoms with van der Waals surface area (Å²) in [5.41, 5.74) is 0.816. The lowest BCUT2D eigenvalue weighted by Crippen LogP contribution is -2.55. The molecule has 0 spiro atoms. The Morgan fingerprint density at radius 2 is 2.10 bits per heavy atom. The van der Waals surface area contributed by atoms with Gasteiger partial charge in [0.15, 0.2) is 5.75 Å². The summed E-state index contributed by atoms with van der Waals surface area (Å²) in [6.07, 6.45) is 1.97. The van der Waals surface area contributed by atoms with Crippen molar-refractivity contribution in [1.82, 2.24) is 15.2 Å². The second kappa shape index (κ2) is 7.64. The zero-order chi connectivity index (χ0) is 21.8. The number of anilines is 1. The van der Waals surface area contributed by atoms with E-state index in [1.807, 2.05) is 4.90 Å². The average molecular weight is 445 g/mol. The predicted molar refractivity (Wildman–Crippen MR) is 118 cm³/mol. The minimum absolute atomic E-state index is 0.0823. The van der Waals surface area contributed by atoms with Crippen LogP contribution in [0.2, 0.25) is 5.02 Å². The number of benzene rings is 1. The molecule has 164 valence electrons. The summed E-state index contributed by atoms with van der Waals surface area (Å²) in [5.74, 6) is 0.313. The van der Waals surface area contributed by atoms with Gasteiger partial charge in [-0.05, 0) is 38.8 Å². The van der Waals surface area contributed by atoms with Gasteiger partial charge in [-0.2, -0.15) is 0 Å². The molecule has 1 atom stereocenters. The van der Waals surface area contributed by atoms with Crippen molar-refractivity contribution in [3.05, 3.63) is 40.7 Å². The lowest BCUT2D eigenvalue weighted by molar-refractivity contribution is 0.0606. The van der Waals surface area contributed by atoms with E-state index in [1.165, 1.54) is 6.07 Å². The highest BCUT2D eigenvalue weighted by molar-refractivity contribution is 6.35. The smallest absolute Gasteiger partial charge is 0.261 e. The van der Waals surface area contributed by atoms with Crippen LogP contribution in [0, 0.1) is 5.82 Å². The summed E-state index contributed by atoms with van der Waals surface area (Å²) in [4.78, 5) is 22.6. The number of carbonyl (C=O) groups excluding carboxylic acids is 1. The molecule has 2 fully saturated rings. The number of piperazine rings is 1. The molecule has 31 heavy (non-hydrogen) atoms. The quantitative estimate of drug-likeness (QED) is 0.765. The fourth-order valence-corrected chi connectivity index (χ4v) is 5.18. The SMILES string of the molecule is CC1(C)CCCN1c1nc(-c2ccccc2F)c(Cl)c2c1C(=O)N1CCNC[C@@H]1CO2. The molecular formula is C23H26ClFN4O2. The number of pyridine rings is 1. The number of carbonyl (C=O) groups is 1. The van der Waals surface area contributed by atoms with Crippen molar-refractivity contribution in [2.75, 3.05) is 37.7 Å². The Balaban J connectivity index is 1.76. The van der Waals surface area contributed by atoms with E-state index in [-0.39, 0.29) is 22.5 Å². The van der Waals surface area contributed by atoms with Crippen molar-refractivity contribution >= 4 is 23.3 Å². The molecule has 0 aliphatic carbocycles. The van der Waals surface area contributed by atoms with Gasteiger partial charge in [-0.3, -0.25) is 4.79 Å². The van der Waals surface area contributed by atoms with Gasteiger partial charge in [0.1, 0.15) is 28.8 Å². The lowest BCUT2D eigenvalue weighted by atomic mass is 10.0. The minimum Gasteiger partial charge on any atom is -0.489 e. The van der Waals surface area contributed by atoms with Gasteiger partial charge >= 0.3 is 0 Å². The number of hydrogen-bond donors (Lipinski definition) is 1. The highest BCUT2D eigenvalue weighted by Crippen LogP contribution is 2.46. The Bertz CT molecular complexity index is 1040. The normalized spacial score (nSPS) is 22.6. The monoisotopic (exact) mass is 444 g/mol. The van der Waals surface area contributed by atoms with Crippen molar-refractivity contribution in [3.8, 4) is 17.0 Å². The number of nitrogens with zero attached hydrogens (tertiary/aromatic N) is 3. The van der Waals surface area contributed by atoms with Crippen LogP contribution in [0.4, 0.5) is 10.2 Å². The molecule has 3 aliphatic heterocycles. The van der Waals surface area contributed by atoms with Crippen molar-refractivity contribution in [3.63, 3.8) is 0 Å². The first-order valence-corrected chi connectivity index (χ1v) is 11.2. The molecule has 1 N–H and O–H groups in total. The van der Waals surface area contributed by atoms with Crippen LogP contribution >= 0.6 is 11.6 Å². The maximum atomic E-state index is 14.7. The highest BCUT2D eigenvalue weighted by Gasteiger charge is 2.42. The molecular weight excluding hydrogens is 419 g/mol.